The Kier molecular flexibility index (Phi) is 4.26. The van der Waals surface area contributed by atoms with Gasteiger partial charge in [-0.25, -0.2) is 0 Å². The van der Waals surface area contributed by atoms with Gasteiger partial charge in [-0.15, -0.1) is 0 Å². The monoisotopic (exact) mass is 301 g/mol. The quantitative estimate of drug-likeness (QED) is 0.739. The third-order valence-corrected chi connectivity index (χ3v) is 4.47. The van der Waals surface area contributed by atoms with Crippen LogP contribution in [0.1, 0.15) is 17.9 Å². The summed E-state index contributed by atoms with van der Waals surface area (Å²) in [6, 6.07) is 8.32. The molecular weight excluding hydrogens is 289 g/mol. The van der Waals surface area contributed by atoms with Crippen LogP contribution in [0, 0.1) is 0 Å². The largest absolute Gasteiger partial charge is 0.378 e. The molecule has 0 saturated heterocycles. The van der Waals surface area contributed by atoms with Gasteiger partial charge in [-0.3, -0.25) is 0 Å². The highest BCUT2D eigenvalue weighted by Crippen LogP contribution is 2.42. The van der Waals surface area contributed by atoms with Gasteiger partial charge in [0, 0.05) is 30.7 Å². The van der Waals surface area contributed by atoms with Crippen LogP contribution in [0.15, 0.2) is 45.4 Å². The van der Waals surface area contributed by atoms with Crippen LogP contribution in [0.25, 0.3) is 0 Å². The first kappa shape index (κ1) is 13.8. The molecule has 1 atom stereocenters. The molecule has 1 aliphatic rings. The van der Waals surface area contributed by atoms with E-state index in [1.54, 1.807) is 0 Å². The molecule has 0 amide bonds. The first-order chi connectivity index (χ1) is 8.50. The zero-order chi connectivity index (χ0) is 13.3. The van der Waals surface area contributed by atoms with E-state index in [0.29, 0.717) is 15.1 Å². The molecule has 0 saturated carbocycles. The van der Waals surface area contributed by atoms with Crippen LogP contribution in [0.2, 0.25) is 0 Å². The summed E-state index contributed by atoms with van der Waals surface area (Å²) >= 11 is 18.3. The molecule has 96 valence electrons. The third-order valence-electron chi connectivity index (χ3n) is 3.07. The summed E-state index contributed by atoms with van der Waals surface area (Å²) in [7, 11) is 4.03. The molecule has 0 spiro atoms. The second-order valence-electron chi connectivity index (χ2n) is 4.49. The number of hydrogen-bond donors (Lipinski definition) is 0. The fourth-order valence-corrected chi connectivity index (χ4v) is 2.73. The molecule has 4 heteroatoms. The lowest BCUT2D eigenvalue weighted by Gasteiger charge is -2.21. The molecule has 0 bridgehead atoms. The maximum atomic E-state index is 6.28. The molecule has 1 nitrogen and oxygen atoms in total. The smallest absolute Gasteiger partial charge is 0.0740 e. The maximum absolute atomic E-state index is 6.28. The van der Waals surface area contributed by atoms with Gasteiger partial charge in [-0.1, -0.05) is 53.0 Å². The van der Waals surface area contributed by atoms with E-state index in [4.69, 9.17) is 34.8 Å². The molecule has 0 aliphatic heterocycles. The average molecular weight is 303 g/mol. The first-order valence-electron chi connectivity index (χ1n) is 5.69. The molecular formula is C14H14Cl3N. The Labute approximate surface area is 123 Å². The van der Waals surface area contributed by atoms with E-state index in [-0.39, 0.29) is 5.92 Å². The minimum absolute atomic E-state index is 0.109. The Morgan fingerprint density at radius 1 is 1.06 bits per heavy atom. The number of anilines is 1. The molecule has 0 fully saturated rings. The zero-order valence-corrected chi connectivity index (χ0v) is 12.5. The lowest BCUT2D eigenvalue weighted by Crippen LogP contribution is -2.09. The molecule has 2 rings (SSSR count). The third kappa shape index (κ3) is 2.69. The summed E-state index contributed by atoms with van der Waals surface area (Å²) in [4.78, 5) is 2.06. The van der Waals surface area contributed by atoms with Crippen LogP contribution in [0.5, 0.6) is 0 Å². The predicted molar refractivity (Wildman–Crippen MR) is 80.8 cm³/mol. The summed E-state index contributed by atoms with van der Waals surface area (Å²) in [5.74, 6) is 0.109. The summed E-state index contributed by atoms with van der Waals surface area (Å²) in [5.41, 5.74) is 2.32. The number of nitrogens with zero attached hydrogens (tertiary/aromatic N) is 1. The Hall–Kier alpha value is -0.630. The zero-order valence-electron chi connectivity index (χ0n) is 10.3. The van der Waals surface area contributed by atoms with Crippen molar-refractivity contribution in [3.63, 3.8) is 0 Å². The predicted octanol–water partition coefficient (Wildman–Crippen LogP) is 5.05. The number of rotatable bonds is 2. The van der Waals surface area contributed by atoms with Crippen molar-refractivity contribution in [1.82, 2.24) is 0 Å². The Morgan fingerprint density at radius 2 is 1.67 bits per heavy atom. The van der Waals surface area contributed by atoms with Crippen molar-refractivity contribution in [2.45, 2.75) is 12.3 Å². The number of hydrogen-bond acceptors (Lipinski definition) is 1. The van der Waals surface area contributed by atoms with Gasteiger partial charge < -0.3 is 4.90 Å². The summed E-state index contributed by atoms with van der Waals surface area (Å²) in [5, 5.41) is 1.64. The van der Waals surface area contributed by atoms with Crippen molar-refractivity contribution in [2.24, 2.45) is 0 Å². The van der Waals surface area contributed by atoms with E-state index in [2.05, 4.69) is 29.2 Å². The van der Waals surface area contributed by atoms with Crippen molar-refractivity contribution in [2.75, 3.05) is 19.0 Å². The lowest BCUT2D eigenvalue weighted by molar-refractivity contribution is 0.832. The Balaban J connectivity index is 2.29. The first-order valence-corrected chi connectivity index (χ1v) is 6.82. The molecule has 1 unspecified atom stereocenters. The fraction of sp³-hybridized carbons (Fsp3) is 0.286. The number of halogens is 3. The SMILES string of the molecule is CN(C)c1ccc(C2CC=C(Cl)C(Cl)=C2Cl)cc1. The van der Waals surface area contributed by atoms with Crippen LogP contribution in [0.4, 0.5) is 5.69 Å². The van der Waals surface area contributed by atoms with E-state index in [1.807, 2.05) is 20.2 Å². The molecule has 0 N–H and O–H groups in total. The average Bonchev–Trinajstić information content (AvgIpc) is 2.36. The highest BCUT2D eigenvalue weighted by Gasteiger charge is 2.23. The fourth-order valence-electron chi connectivity index (χ4n) is 1.97. The van der Waals surface area contributed by atoms with Gasteiger partial charge in [0.05, 0.1) is 10.1 Å². The van der Waals surface area contributed by atoms with Gasteiger partial charge in [-0.05, 0) is 24.1 Å². The molecule has 0 heterocycles. The molecule has 0 radical (unpaired) electrons. The molecule has 1 aliphatic carbocycles. The maximum Gasteiger partial charge on any atom is 0.0740 e. The van der Waals surface area contributed by atoms with E-state index in [9.17, 15) is 0 Å². The molecule has 0 aromatic heterocycles. The van der Waals surface area contributed by atoms with Gasteiger partial charge in [0.1, 0.15) is 0 Å². The summed E-state index contributed by atoms with van der Waals surface area (Å²) < 4.78 is 0. The van der Waals surface area contributed by atoms with Gasteiger partial charge >= 0.3 is 0 Å². The standard InChI is InChI=1S/C14H14Cl3N/c1-18(2)10-5-3-9(4-6-10)11-7-8-12(15)14(17)13(11)16/h3-6,8,11H,7H2,1-2H3. The van der Waals surface area contributed by atoms with Gasteiger partial charge in [-0.2, -0.15) is 0 Å². The van der Waals surface area contributed by atoms with Gasteiger partial charge in [0.15, 0.2) is 0 Å². The van der Waals surface area contributed by atoms with E-state index >= 15 is 0 Å². The van der Waals surface area contributed by atoms with Crippen LogP contribution >= 0.6 is 34.8 Å². The lowest BCUT2D eigenvalue weighted by atomic mass is 9.92. The van der Waals surface area contributed by atoms with Crippen molar-refractivity contribution in [3.8, 4) is 0 Å². The number of allylic oxidation sites excluding steroid dienone is 4. The van der Waals surface area contributed by atoms with Crippen LogP contribution in [-0.2, 0) is 0 Å². The van der Waals surface area contributed by atoms with Crippen molar-refractivity contribution < 1.29 is 0 Å². The topological polar surface area (TPSA) is 3.24 Å². The van der Waals surface area contributed by atoms with E-state index in [0.717, 1.165) is 17.7 Å². The molecule has 18 heavy (non-hydrogen) atoms. The van der Waals surface area contributed by atoms with Crippen LogP contribution < -0.4 is 4.90 Å². The highest BCUT2D eigenvalue weighted by atomic mass is 35.5. The second kappa shape index (κ2) is 5.56. The summed E-state index contributed by atoms with van der Waals surface area (Å²) in [6.07, 6.45) is 2.70. The summed E-state index contributed by atoms with van der Waals surface area (Å²) in [6.45, 7) is 0. The normalized spacial score (nSPS) is 19.8. The van der Waals surface area contributed by atoms with Gasteiger partial charge in [0.2, 0.25) is 0 Å². The highest BCUT2D eigenvalue weighted by molar-refractivity contribution is 6.48. The number of benzene rings is 1. The minimum atomic E-state index is 0.109. The van der Waals surface area contributed by atoms with Gasteiger partial charge in [0.25, 0.3) is 0 Å². The van der Waals surface area contributed by atoms with E-state index < -0.39 is 0 Å². The second-order valence-corrected chi connectivity index (χ2v) is 5.68. The van der Waals surface area contributed by atoms with Crippen molar-refractivity contribution in [3.05, 3.63) is 51.0 Å². The van der Waals surface area contributed by atoms with Crippen molar-refractivity contribution >= 4 is 40.5 Å². The molecule has 1 aromatic carbocycles. The van der Waals surface area contributed by atoms with E-state index in [1.165, 1.54) is 0 Å². The van der Waals surface area contributed by atoms with Crippen LogP contribution in [-0.4, -0.2) is 14.1 Å². The molecule has 1 aromatic rings. The van der Waals surface area contributed by atoms with Crippen LogP contribution in [0.3, 0.4) is 0 Å². The van der Waals surface area contributed by atoms with Crippen molar-refractivity contribution in [1.29, 1.82) is 0 Å². The minimum Gasteiger partial charge on any atom is -0.378 e. The Morgan fingerprint density at radius 3 is 2.22 bits per heavy atom. The Bertz CT molecular complexity index is 500.